The SMILES string of the molecule is C#CCNCC(=O)NC(C)c1nnc2n1CCCCC2. The number of nitrogens with zero attached hydrogens (tertiary/aromatic N) is 3. The van der Waals surface area contributed by atoms with E-state index in [-0.39, 0.29) is 18.5 Å². The molecule has 2 N–H and O–H groups in total. The molecule has 0 radical (unpaired) electrons. The summed E-state index contributed by atoms with van der Waals surface area (Å²) in [5.41, 5.74) is 0. The van der Waals surface area contributed by atoms with Gasteiger partial charge in [-0.15, -0.1) is 16.6 Å². The maximum Gasteiger partial charge on any atom is 0.234 e. The van der Waals surface area contributed by atoms with Gasteiger partial charge in [0.1, 0.15) is 5.82 Å². The Balaban J connectivity index is 1.96. The van der Waals surface area contributed by atoms with Crippen LogP contribution in [0.5, 0.6) is 0 Å². The monoisotopic (exact) mass is 275 g/mol. The van der Waals surface area contributed by atoms with Crippen LogP contribution in [0.2, 0.25) is 0 Å². The predicted octanol–water partition coefficient (Wildman–Crippen LogP) is 0.404. The van der Waals surface area contributed by atoms with Gasteiger partial charge in [0.05, 0.1) is 19.1 Å². The summed E-state index contributed by atoms with van der Waals surface area (Å²) in [5.74, 6) is 4.22. The number of terminal acetylenes is 1. The maximum atomic E-state index is 11.8. The molecule has 1 aromatic rings. The van der Waals surface area contributed by atoms with Crippen molar-refractivity contribution in [2.45, 2.75) is 45.2 Å². The largest absolute Gasteiger partial charge is 0.345 e. The molecule has 2 heterocycles. The smallest absolute Gasteiger partial charge is 0.234 e. The molecule has 0 spiro atoms. The highest BCUT2D eigenvalue weighted by Crippen LogP contribution is 2.18. The highest BCUT2D eigenvalue weighted by Gasteiger charge is 2.20. The van der Waals surface area contributed by atoms with Crippen molar-refractivity contribution in [3.05, 3.63) is 11.6 Å². The molecule has 1 unspecified atom stereocenters. The Morgan fingerprint density at radius 1 is 1.45 bits per heavy atom. The standard InChI is InChI=1S/C14H21N5O/c1-3-8-15-10-13(20)16-11(2)14-18-17-12-7-5-4-6-9-19(12)14/h1,11,15H,4-10H2,2H3,(H,16,20). The zero-order chi connectivity index (χ0) is 14.4. The first-order valence-corrected chi connectivity index (χ1v) is 7.08. The molecule has 1 amide bonds. The Morgan fingerprint density at radius 3 is 3.10 bits per heavy atom. The summed E-state index contributed by atoms with van der Waals surface area (Å²) in [6.45, 7) is 3.48. The van der Waals surface area contributed by atoms with E-state index in [1.807, 2.05) is 6.92 Å². The van der Waals surface area contributed by atoms with Gasteiger partial charge in [0.2, 0.25) is 5.91 Å². The van der Waals surface area contributed by atoms with Crippen molar-refractivity contribution < 1.29 is 4.79 Å². The maximum absolute atomic E-state index is 11.8. The highest BCUT2D eigenvalue weighted by atomic mass is 16.2. The van der Waals surface area contributed by atoms with Crippen LogP contribution >= 0.6 is 0 Å². The molecule has 6 heteroatoms. The molecule has 0 aliphatic carbocycles. The number of carbonyl (C=O) groups excluding carboxylic acids is 1. The Hall–Kier alpha value is -1.87. The minimum atomic E-state index is -0.144. The molecule has 108 valence electrons. The second kappa shape index (κ2) is 7.06. The van der Waals surface area contributed by atoms with Gasteiger partial charge in [-0.3, -0.25) is 10.1 Å². The van der Waals surface area contributed by atoms with Crippen molar-refractivity contribution in [2.75, 3.05) is 13.1 Å². The van der Waals surface area contributed by atoms with E-state index in [1.165, 1.54) is 6.42 Å². The first-order valence-electron chi connectivity index (χ1n) is 7.08. The minimum Gasteiger partial charge on any atom is -0.345 e. The van der Waals surface area contributed by atoms with Gasteiger partial charge in [-0.25, -0.2) is 0 Å². The first-order chi connectivity index (χ1) is 9.72. The number of hydrogen-bond donors (Lipinski definition) is 2. The quantitative estimate of drug-likeness (QED) is 0.603. The highest BCUT2D eigenvalue weighted by molar-refractivity contribution is 5.78. The Bertz CT molecular complexity index is 502. The van der Waals surface area contributed by atoms with Crippen LogP contribution in [0, 0.1) is 12.3 Å². The van der Waals surface area contributed by atoms with E-state index in [4.69, 9.17) is 6.42 Å². The second-order valence-corrected chi connectivity index (χ2v) is 5.03. The van der Waals surface area contributed by atoms with E-state index >= 15 is 0 Å². The van der Waals surface area contributed by atoms with E-state index in [1.54, 1.807) is 0 Å². The molecule has 6 nitrogen and oxygen atoms in total. The average molecular weight is 275 g/mol. The number of rotatable bonds is 5. The summed E-state index contributed by atoms with van der Waals surface area (Å²) in [6.07, 6.45) is 9.61. The topological polar surface area (TPSA) is 71.8 Å². The van der Waals surface area contributed by atoms with Gasteiger partial charge in [0.15, 0.2) is 5.82 Å². The van der Waals surface area contributed by atoms with Crippen molar-refractivity contribution in [1.82, 2.24) is 25.4 Å². The lowest BCUT2D eigenvalue weighted by atomic mass is 10.2. The van der Waals surface area contributed by atoms with E-state index in [0.29, 0.717) is 6.54 Å². The van der Waals surface area contributed by atoms with E-state index in [2.05, 4.69) is 31.3 Å². The molecule has 0 bridgehead atoms. The Kier molecular flexibility index (Phi) is 5.13. The number of fused-ring (bicyclic) bond motifs is 1. The molecule has 1 aliphatic rings. The molecule has 0 aromatic carbocycles. The molecular formula is C14H21N5O. The third kappa shape index (κ3) is 3.58. The summed E-state index contributed by atoms with van der Waals surface area (Å²) in [7, 11) is 0. The molecule has 2 rings (SSSR count). The summed E-state index contributed by atoms with van der Waals surface area (Å²) in [5, 5.41) is 14.3. The zero-order valence-corrected chi connectivity index (χ0v) is 11.9. The molecule has 1 aliphatic heterocycles. The molecule has 1 aromatic heterocycles. The van der Waals surface area contributed by atoms with Gasteiger partial charge in [-0.1, -0.05) is 12.3 Å². The molecular weight excluding hydrogens is 254 g/mol. The summed E-state index contributed by atoms with van der Waals surface area (Å²) < 4.78 is 2.15. The van der Waals surface area contributed by atoms with Crippen LogP contribution in [-0.4, -0.2) is 33.8 Å². The Morgan fingerprint density at radius 2 is 2.30 bits per heavy atom. The normalized spacial score (nSPS) is 15.8. The summed E-state index contributed by atoms with van der Waals surface area (Å²) >= 11 is 0. The van der Waals surface area contributed by atoms with Crippen LogP contribution < -0.4 is 10.6 Å². The first kappa shape index (κ1) is 14.5. The Labute approximate surface area is 119 Å². The fourth-order valence-electron chi connectivity index (χ4n) is 2.43. The van der Waals surface area contributed by atoms with Crippen LogP contribution in [0.4, 0.5) is 0 Å². The lowest BCUT2D eigenvalue weighted by Crippen LogP contribution is -2.36. The van der Waals surface area contributed by atoms with E-state index in [9.17, 15) is 4.79 Å². The van der Waals surface area contributed by atoms with Crippen molar-refractivity contribution in [3.8, 4) is 12.3 Å². The summed E-state index contributed by atoms with van der Waals surface area (Å²) in [6, 6.07) is -0.144. The number of hydrogen-bond acceptors (Lipinski definition) is 4. The lowest BCUT2D eigenvalue weighted by molar-refractivity contribution is -0.120. The van der Waals surface area contributed by atoms with Gasteiger partial charge >= 0.3 is 0 Å². The molecule has 0 fully saturated rings. The number of aromatic nitrogens is 3. The third-order valence-corrected chi connectivity index (χ3v) is 3.42. The second-order valence-electron chi connectivity index (χ2n) is 5.03. The van der Waals surface area contributed by atoms with Gasteiger partial charge < -0.3 is 9.88 Å². The van der Waals surface area contributed by atoms with Crippen LogP contribution in [0.25, 0.3) is 0 Å². The number of aryl methyl sites for hydroxylation is 1. The van der Waals surface area contributed by atoms with Gasteiger partial charge in [-0.2, -0.15) is 0 Å². The van der Waals surface area contributed by atoms with Gasteiger partial charge in [-0.05, 0) is 19.8 Å². The minimum absolute atomic E-state index is 0.0845. The molecule has 20 heavy (non-hydrogen) atoms. The van der Waals surface area contributed by atoms with E-state index < -0.39 is 0 Å². The molecule has 0 saturated heterocycles. The van der Waals surface area contributed by atoms with Crippen molar-refractivity contribution >= 4 is 5.91 Å². The van der Waals surface area contributed by atoms with Crippen LogP contribution in [0.15, 0.2) is 0 Å². The van der Waals surface area contributed by atoms with Crippen molar-refractivity contribution in [1.29, 1.82) is 0 Å². The predicted molar refractivity (Wildman–Crippen MR) is 75.8 cm³/mol. The zero-order valence-electron chi connectivity index (χ0n) is 11.9. The third-order valence-electron chi connectivity index (χ3n) is 3.42. The van der Waals surface area contributed by atoms with Crippen LogP contribution in [0.3, 0.4) is 0 Å². The van der Waals surface area contributed by atoms with Crippen LogP contribution in [0.1, 0.15) is 43.9 Å². The fourth-order valence-corrected chi connectivity index (χ4v) is 2.43. The van der Waals surface area contributed by atoms with Crippen molar-refractivity contribution in [3.63, 3.8) is 0 Å². The average Bonchev–Trinajstić information content (AvgIpc) is 2.68. The lowest BCUT2D eigenvalue weighted by Gasteiger charge is -2.15. The van der Waals surface area contributed by atoms with Crippen molar-refractivity contribution in [2.24, 2.45) is 0 Å². The fraction of sp³-hybridized carbons (Fsp3) is 0.643. The molecule has 0 saturated carbocycles. The van der Waals surface area contributed by atoms with Gasteiger partial charge in [0, 0.05) is 13.0 Å². The number of amides is 1. The number of nitrogens with one attached hydrogen (secondary N) is 2. The summed E-state index contributed by atoms with van der Waals surface area (Å²) in [4.78, 5) is 11.8. The van der Waals surface area contributed by atoms with Gasteiger partial charge in [0.25, 0.3) is 0 Å². The molecule has 1 atom stereocenters. The number of carbonyl (C=O) groups is 1. The van der Waals surface area contributed by atoms with Crippen LogP contribution in [-0.2, 0) is 17.8 Å². The van der Waals surface area contributed by atoms with E-state index in [0.717, 1.165) is 37.5 Å².